The van der Waals surface area contributed by atoms with Gasteiger partial charge in [-0.2, -0.15) is 0 Å². The zero-order valence-corrected chi connectivity index (χ0v) is 19.3. The fourth-order valence-corrected chi connectivity index (χ4v) is 4.60. The Morgan fingerprint density at radius 1 is 1.16 bits per heavy atom. The lowest BCUT2D eigenvalue weighted by Crippen LogP contribution is -2.22. The van der Waals surface area contributed by atoms with Crippen molar-refractivity contribution in [3.05, 3.63) is 59.5 Å². The van der Waals surface area contributed by atoms with E-state index in [9.17, 15) is 13.2 Å². The molecule has 0 saturated carbocycles. The molecule has 10 heteroatoms. The van der Waals surface area contributed by atoms with Gasteiger partial charge < -0.3 is 9.15 Å². The van der Waals surface area contributed by atoms with E-state index >= 15 is 0 Å². The molecule has 32 heavy (non-hydrogen) atoms. The maximum atomic E-state index is 12.6. The molecule has 4 rings (SSSR count). The van der Waals surface area contributed by atoms with Crippen LogP contribution < -0.4 is 10.1 Å². The highest BCUT2D eigenvalue weighted by Gasteiger charge is 2.18. The maximum absolute atomic E-state index is 12.6. The summed E-state index contributed by atoms with van der Waals surface area (Å²) in [6.45, 7) is 2.51. The van der Waals surface area contributed by atoms with Gasteiger partial charge in [-0.3, -0.25) is 10.1 Å². The third kappa shape index (κ3) is 4.38. The number of furan rings is 1. The van der Waals surface area contributed by atoms with E-state index in [1.54, 1.807) is 5.38 Å². The van der Waals surface area contributed by atoms with Gasteiger partial charge in [0.25, 0.3) is 5.91 Å². The number of fused-ring (bicyclic) bond motifs is 1. The molecule has 0 aliphatic carbocycles. The van der Waals surface area contributed by atoms with Crippen LogP contribution in [0.25, 0.3) is 22.4 Å². The van der Waals surface area contributed by atoms with Gasteiger partial charge in [0, 0.05) is 30.4 Å². The first kappa shape index (κ1) is 22.0. The topological polar surface area (TPSA) is 102 Å². The van der Waals surface area contributed by atoms with Gasteiger partial charge in [0.2, 0.25) is 10.0 Å². The summed E-state index contributed by atoms with van der Waals surface area (Å²) in [4.78, 5) is 17.1. The van der Waals surface area contributed by atoms with Crippen LogP contribution in [0.5, 0.6) is 5.75 Å². The number of carbonyl (C=O) groups is 1. The van der Waals surface area contributed by atoms with Gasteiger partial charge in [0.15, 0.2) is 10.9 Å². The molecule has 2 heterocycles. The van der Waals surface area contributed by atoms with Crippen molar-refractivity contribution in [3.63, 3.8) is 0 Å². The molecule has 1 N–H and O–H groups in total. The fourth-order valence-electron chi connectivity index (χ4n) is 3.01. The molecule has 1 amide bonds. The van der Waals surface area contributed by atoms with Crippen LogP contribution in [0.4, 0.5) is 5.13 Å². The summed E-state index contributed by atoms with van der Waals surface area (Å²) in [5, 5.41) is 5.84. The molecule has 166 valence electrons. The second-order valence-corrected chi connectivity index (χ2v) is 10.1. The number of sulfonamides is 1. The number of nitrogens with one attached hydrogen (secondary N) is 1. The molecule has 0 fully saturated rings. The Balaban J connectivity index is 1.49. The molecule has 0 unspecified atom stereocenters. The Hall–Kier alpha value is -3.21. The molecule has 0 radical (unpaired) electrons. The first-order chi connectivity index (χ1) is 15.3. The van der Waals surface area contributed by atoms with Crippen molar-refractivity contribution in [3.8, 4) is 17.2 Å². The summed E-state index contributed by atoms with van der Waals surface area (Å²) >= 11 is 1.27. The van der Waals surface area contributed by atoms with E-state index in [1.165, 1.54) is 49.7 Å². The van der Waals surface area contributed by atoms with Crippen LogP contribution in [0, 0.1) is 0 Å². The molecular formula is C22H21N3O5S2. The number of aromatic nitrogens is 1. The Labute approximate surface area is 189 Å². The van der Waals surface area contributed by atoms with E-state index in [0.717, 1.165) is 21.0 Å². The maximum Gasteiger partial charge on any atom is 0.257 e. The number of ether oxygens (including phenoxy) is 1. The number of hydrogen-bond acceptors (Lipinski definition) is 7. The predicted molar refractivity (Wildman–Crippen MR) is 124 cm³/mol. The van der Waals surface area contributed by atoms with Crippen molar-refractivity contribution < 1.29 is 22.4 Å². The minimum Gasteiger partial charge on any atom is -0.494 e. The van der Waals surface area contributed by atoms with Crippen LogP contribution in [0.2, 0.25) is 0 Å². The van der Waals surface area contributed by atoms with Crippen LogP contribution in [0.15, 0.2) is 63.2 Å². The van der Waals surface area contributed by atoms with Crippen molar-refractivity contribution in [2.45, 2.75) is 11.8 Å². The van der Waals surface area contributed by atoms with Crippen LogP contribution in [-0.4, -0.2) is 44.3 Å². The van der Waals surface area contributed by atoms with Gasteiger partial charge in [0.1, 0.15) is 17.0 Å². The van der Waals surface area contributed by atoms with E-state index < -0.39 is 10.0 Å². The summed E-state index contributed by atoms with van der Waals surface area (Å²) in [5.74, 6) is 0.970. The standard InChI is InChI=1S/C22H21N3O5S2/c1-4-29-16-7-10-19-15(11-16)12-20(30-19)18-13-31-22(23-18)24-21(26)14-5-8-17(9-6-14)32(27,28)25(2)3/h5-13H,4H2,1-3H3,(H,23,24,26). The quantitative estimate of drug-likeness (QED) is 0.427. The van der Waals surface area contributed by atoms with E-state index in [4.69, 9.17) is 9.15 Å². The van der Waals surface area contributed by atoms with E-state index in [-0.39, 0.29) is 10.8 Å². The fraction of sp³-hybridized carbons (Fsp3) is 0.182. The third-order valence-electron chi connectivity index (χ3n) is 4.67. The summed E-state index contributed by atoms with van der Waals surface area (Å²) in [5.41, 5.74) is 1.65. The van der Waals surface area contributed by atoms with Gasteiger partial charge in [-0.1, -0.05) is 0 Å². The smallest absolute Gasteiger partial charge is 0.257 e. The lowest BCUT2D eigenvalue weighted by atomic mass is 10.2. The normalized spacial score (nSPS) is 11.8. The van der Waals surface area contributed by atoms with E-state index in [1.807, 2.05) is 31.2 Å². The molecule has 0 saturated heterocycles. The largest absolute Gasteiger partial charge is 0.494 e. The third-order valence-corrected chi connectivity index (χ3v) is 7.26. The minimum absolute atomic E-state index is 0.118. The molecule has 8 nitrogen and oxygen atoms in total. The van der Waals surface area contributed by atoms with Crippen LogP contribution in [-0.2, 0) is 10.0 Å². The van der Waals surface area contributed by atoms with E-state index in [2.05, 4.69) is 10.3 Å². The van der Waals surface area contributed by atoms with E-state index in [0.29, 0.717) is 28.8 Å². The van der Waals surface area contributed by atoms with Crippen molar-refractivity contribution >= 4 is 43.4 Å². The molecule has 0 spiro atoms. The predicted octanol–water partition coefficient (Wildman–Crippen LogP) is 4.46. The highest BCUT2D eigenvalue weighted by atomic mass is 32.2. The Kier molecular flexibility index (Phi) is 6.00. The number of amides is 1. The van der Waals surface area contributed by atoms with Gasteiger partial charge in [0.05, 0.1) is 11.5 Å². The number of rotatable bonds is 7. The average molecular weight is 472 g/mol. The number of benzene rings is 2. The molecule has 4 aromatic rings. The summed E-state index contributed by atoms with van der Waals surface area (Å²) < 4.78 is 36.8. The van der Waals surface area contributed by atoms with Gasteiger partial charge in [-0.15, -0.1) is 11.3 Å². The highest BCUT2D eigenvalue weighted by Crippen LogP contribution is 2.32. The first-order valence-corrected chi connectivity index (χ1v) is 12.1. The summed E-state index contributed by atoms with van der Waals surface area (Å²) in [6.07, 6.45) is 0. The van der Waals surface area contributed by atoms with Gasteiger partial charge in [-0.05, 0) is 55.5 Å². The molecule has 0 aliphatic heterocycles. The number of nitrogens with zero attached hydrogens (tertiary/aromatic N) is 2. The zero-order valence-electron chi connectivity index (χ0n) is 17.7. The Morgan fingerprint density at radius 2 is 1.91 bits per heavy atom. The minimum atomic E-state index is -3.55. The number of carbonyl (C=O) groups excluding carboxylic acids is 1. The molecular weight excluding hydrogens is 450 g/mol. The lowest BCUT2D eigenvalue weighted by molar-refractivity contribution is 0.102. The second kappa shape index (κ2) is 8.73. The summed E-state index contributed by atoms with van der Waals surface area (Å²) in [6, 6.07) is 13.2. The second-order valence-electron chi connectivity index (χ2n) is 7.05. The van der Waals surface area contributed by atoms with Crippen molar-refractivity contribution in [1.29, 1.82) is 0 Å². The molecule has 0 atom stereocenters. The number of thiazole rings is 1. The lowest BCUT2D eigenvalue weighted by Gasteiger charge is -2.11. The van der Waals surface area contributed by atoms with Gasteiger partial charge >= 0.3 is 0 Å². The summed E-state index contributed by atoms with van der Waals surface area (Å²) in [7, 11) is -0.641. The monoisotopic (exact) mass is 471 g/mol. The molecule has 2 aromatic carbocycles. The van der Waals surface area contributed by atoms with Crippen molar-refractivity contribution in [1.82, 2.24) is 9.29 Å². The first-order valence-electron chi connectivity index (χ1n) is 9.74. The molecule has 2 aromatic heterocycles. The Morgan fingerprint density at radius 3 is 2.59 bits per heavy atom. The van der Waals surface area contributed by atoms with Crippen LogP contribution >= 0.6 is 11.3 Å². The Bertz CT molecular complexity index is 1370. The molecule has 0 bridgehead atoms. The zero-order chi connectivity index (χ0) is 22.9. The SMILES string of the molecule is CCOc1ccc2oc(-c3csc(NC(=O)c4ccc(S(=O)(=O)N(C)C)cc4)n3)cc2c1. The van der Waals surface area contributed by atoms with Crippen molar-refractivity contribution in [2.75, 3.05) is 26.0 Å². The van der Waals surface area contributed by atoms with Crippen LogP contribution in [0.1, 0.15) is 17.3 Å². The number of anilines is 1. The highest BCUT2D eigenvalue weighted by molar-refractivity contribution is 7.89. The molecule has 0 aliphatic rings. The van der Waals surface area contributed by atoms with Crippen LogP contribution in [0.3, 0.4) is 0 Å². The average Bonchev–Trinajstić information content (AvgIpc) is 3.40. The van der Waals surface area contributed by atoms with Gasteiger partial charge in [-0.25, -0.2) is 17.7 Å². The van der Waals surface area contributed by atoms with Crippen molar-refractivity contribution in [2.24, 2.45) is 0 Å². The number of hydrogen-bond donors (Lipinski definition) is 1.